The van der Waals surface area contributed by atoms with Gasteiger partial charge < -0.3 is 16.2 Å². The molecule has 0 radical (unpaired) electrons. The van der Waals surface area contributed by atoms with Gasteiger partial charge in [0, 0.05) is 6.54 Å². The number of rotatable bonds is 3. The second-order valence-electron chi connectivity index (χ2n) is 5.27. The highest BCUT2D eigenvalue weighted by Gasteiger charge is 2.43. The second kappa shape index (κ2) is 4.72. The fourth-order valence-electron chi connectivity index (χ4n) is 2.73. The number of nitrogens with one attached hydrogen (secondary N) is 1. The van der Waals surface area contributed by atoms with Crippen molar-refractivity contribution >= 4 is 5.91 Å². The summed E-state index contributed by atoms with van der Waals surface area (Å²) in [5, 5.41) is 12.8. The normalized spacial score (nSPS) is 32.9. The molecule has 4 heteroatoms. The highest BCUT2D eigenvalue weighted by atomic mass is 16.3. The number of hydrogen-bond acceptors (Lipinski definition) is 3. The molecule has 4 nitrogen and oxygen atoms in total. The van der Waals surface area contributed by atoms with Crippen molar-refractivity contribution in [2.75, 3.05) is 6.54 Å². The Morgan fingerprint density at radius 1 is 1.31 bits per heavy atom. The fourth-order valence-corrected chi connectivity index (χ4v) is 2.73. The van der Waals surface area contributed by atoms with E-state index in [2.05, 4.69) is 5.32 Å². The van der Waals surface area contributed by atoms with Crippen molar-refractivity contribution in [1.82, 2.24) is 5.32 Å². The Kier molecular flexibility index (Phi) is 3.50. The maximum atomic E-state index is 12.1. The Morgan fingerprint density at radius 3 is 2.50 bits per heavy atom. The molecule has 0 heterocycles. The Bertz CT molecular complexity index is 258. The Labute approximate surface area is 96.6 Å². The fraction of sp³-hybridized carbons (Fsp3) is 0.917. The average molecular weight is 226 g/mol. The van der Waals surface area contributed by atoms with Gasteiger partial charge in [-0.25, -0.2) is 0 Å². The van der Waals surface area contributed by atoms with Crippen molar-refractivity contribution in [2.45, 2.75) is 57.1 Å². The van der Waals surface area contributed by atoms with Gasteiger partial charge in [0.25, 0.3) is 0 Å². The van der Waals surface area contributed by atoms with Gasteiger partial charge in [-0.2, -0.15) is 0 Å². The second-order valence-corrected chi connectivity index (χ2v) is 5.27. The van der Waals surface area contributed by atoms with Crippen LogP contribution in [0.1, 0.15) is 44.9 Å². The molecular formula is C12H22N2O2. The molecule has 0 bridgehead atoms. The van der Waals surface area contributed by atoms with Crippen LogP contribution < -0.4 is 11.1 Å². The first-order chi connectivity index (χ1) is 7.68. The van der Waals surface area contributed by atoms with Crippen LogP contribution in [0.4, 0.5) is 0 Å². The molecule has 2 aliphatic carbocycles. The van der Waals surface area contributed by atoms with Gasteiger partial charge in [-0.05, 0) is 25.7 Å². The van der Waals surface area contributed by atoms with E-state index in [9.17, 15) is 9.90 Å². The topological polar surface area (TPSA) is 75.4 Å². The highest BCUT2D eigenvalue weighted by Crippen LogP contribution is 2.40. The molecule has 2 aliphatic rings. The summed E-state index contributed by atoms with van der Waals surface area (Å²) < 4.78 is 0. The Hall–Kier alpha value is -0.610. The smallest absolute Gasteiger partial charge is 0.227 e. The van der Waals surface area contributed by atoms with Gasteiger partial charge in [0.2, 0.25) is 5.91 Å². The predicted molar refractivity (Wildman–Crippen MR) is 61.7 cm³/mol. The van der Waals surface area contributed by atoms with Gasteiger partial charge in [-0.15, -0.1) is 0 Å². The molecule has 2 saturated carbocycles. The maximum Gasteiger partial charge on any atom is 0.227 e. The zero-order valence-corrected chi connectivity index (χ0v) is 9.74. The van der Waals surface area contributed by atoms with Crippen molar-refractivity contribution in [3.8, 4) is 0 Å². The monoisotopic (exact) mass is 226 g/mol. The number of amides is 1. The summed E-state index contributed by atoms with van der Waals surface area (Å²) in [6.07, 6.45) is 6.39. The van der Waals surface area contributed by atoms with E-state index in [-0.39, 0.29) is 23.5 Å². The largest absolute Gasteiger partial charge is 0.391 e. The van der Waals surface area contributed by atoms with Crippen LogP contribution in [0.15, 0.2) is 0 Å². The third kappa shape index (κ3) is 2.09. The number of carbonyl (C=O) groups excluding carboxylic acids is 1. The molecule has 0 aromatic heterocycles. The number of aliphatic hydroxyl groups is 1. The van der Waals surface area contributed by atoms with Gasteiger partial charge in [0.05, 0.1) is 17.6 Å². The minimum absolute atomic E-state index is 0.0507. The molecule has 1 amide bonds. The van der Waals surface area contributed by atoms with Crippen LogP contribution in [0, 0.1) is 5.41 Å². The molecule has 0 aromatic rings. The number of carbonyl (C=O) groups is 1. The van der Waals surface area contributed by atoms with Crippen molar-refractivity contribution in [1.29, 1.82) is 0 Å². The van der Waals surface area contributed by atoms with Crippen molar-refractivity contribution in [3.63, 3.8) is 0 Å². The lowest BCUT2D eigenvalue weighted by Gasteiger charge is -2.41. The van der Waals surface area contributed by atoms with Crippen molar-refractivity contribution < 1.29 is 9.90 Å². The zero-order chi connectivity index (χ0) is 11.6. The third-order valence-corrected chi connectivity index (χ3v) is 4.23. The number of hydrogen-bond donors (Lipinski definition) is 3. The summed E-state index contributed by atoms with van der Waals surface area (Å²) in [6, 6.07) is -0.0507. The quantitative estimate of drug-likeness (QED) is 0.657. The summed E-state index contributed by atoms with van der Waals surface area (Å²) in [6.45, 7) is 0.432. The predicted octanol–water partition coefficient (Wildman–Crippen LogP) is 0.535. The van der Waals surface area contributed by atoms with E-state index >= 15 is 0 Å². The Balaban J connectivity index is 1.90. The molecule has 92 valence electrons. The summed E-state index contributed by atoms with van der Waals surface area (Å²) in [5.41, 5.74) is 5.36. The van der Waals surface area contributed by atoms with E-state index in [1.165, 1.54) is 0 Å². The zero-order valence-electron chi connectivity index (χ0n) is 9.74. The van der Waals surface area contributed by atoms with Crippen LogP contribution >= 0.6 is 0 Å². The van der Waals surface area contributed by atoms with E-state index in [1.807, 2.05) is 0 Å². The first kappa shape index (κ1) is 11.9. The lowest BCUT2D eigenvalue weighted by atomic mass is 9.68. The molecule has 0 aliphatic heterocycles. The molecule has 2 fully saturated rings. The van der Waals surface area contributed by atoms with Crippen LogP contribution in [0.5, 0.6) is 0 Å². The van der Waals surface area contributed by atoms with Crippen LogP contribution in [0.2, 0.25) is 0 Å². The minimum atomic E-state index is -0.368. The molecule has 4 N–H and O–H groups in total. The first-order valence-corrected chi connectivity index (χ1v) is 6.37. The van der Waals surface area contributed by atoms with Crippen molar-refractivity contribution in [3.05, 3.63) is 0 Å². The van der Waals surface area contributed by atoms with Gasteiger partial charge in [-0.3, -0.25) is 4.79 Å². The van der Waals surface area contributed by atoms with E-state index < -0.39 is 0 Å². The molecule has 0 spiro atoms. The van der Waals surface area contributed by atoms with Crippen molar-refractivity contribution in [2.24, 2.45) is 11.1 Å². The average Bonchev–Trinajstić information content (AvgIpc) is 2.21. The molecule has 0 unspecified atom stereocenters. The van der Waals surface area contributed by atoms with E-state index in [4.69, 9.17) is 5.73 Å². The molecule has 2 rings (SSSR count). The molecule has 2 atom stereocenters. The van der Waals surface area contributed by atoms with E-state index in [0.29, 0.717) is 6.54 Å². The van der Waals surface area contributed by atoms with Gasteiger partial charge in [-0.1, -0.05) is 19.3 Å². The molecular weight excluding hydrogens is 204 g/mol. The summed E-state index contributed by atoms with van der Waals surface area (Å²) in [7, 11) is 0. The highest BCUT2D eigenvalue weighted by molar-refractivity contribution is 5.84. The standard InChI is InChI=1S/C12H22N2O2/c13-8-12(6-3-7-12)11(16)14-9-4-1-2-5-10(9)15/h9-10,15H,1-8,13H2,(H,14,16)/t9-,10-/m1/s1. The summed E-state index contributed by atoms with van der Waals surface area (Å²) in [4.78, 5) is 12.1. The lowest BCUT2D eigenvalue weighted by Crippen LogP contribution is -2.55. The van der Waals surface area contributed by atoms with Crippen LogP contribution in [0.25, 0.3) is 0 Å². The van der Waals surface area contributed by atoms with Gasteiger partial charge >= 0.3 is 0 Å². The molecule has 0 saturated heterocycles. The number of aliphatic hydroxyl groups excluding tert-OH is 1. The molecule has 16 heavy (non-hydrogen) atoms. The maximum absolute atomic E-state index is 12.1. The van der Waals surface area contributed by atoms with Crippen LogP contribution in [-0.2, 0) is 4.79 Å². The minimum Gasteiger partial charge on any atom is -0.391 e. The Morgan fingerprint density at radius 2 is 2.00 bits per heavy atom. The summed E-state index contributed by atoms with van der Waals surface area (Å²) >= 11 is 0. The first-order valence-electron chi connectivity index (χ1n) is 6.37. The van der Waals surface area contributed by atoms with Gasteiger partial charge in [0.15, 0.2) is 0 Å². The van der Waals surface area contributed by atoms with Crippen LogP contribution in [-0.4, -0.2) is 29.7 Å². The third-order valence-electron chi connectivity index (χ3n) is 4.23. The molecule has 0 aromatic carbocycles. The summed E-state index contributed by atoms with van der Waals surface area (Å²) in [5.74, 6) is 0.0622. The lowest BCUT2D eigenvalue weighted by molar-refractivity contribution is -0.137. The van der Waals surface area contributed by atoms with Gasteiger partial charge in [0.1, 0.15) is 0 Å². The van der Waals surface area contributed by atoms with Crippen LogP contribution in [0.3, 0.4) is 0 Å². The SMILES string of the molecule is NCC1(C(=O)N[C@@H]2CCCC[C@H]2O)CCC1. The number of nitrogens with two attached hydrogens (primary N) is 1. The van der Waals surface area contributed by atoms with E-state index in [0.717, 1.165) is 44.9 Å². The van der Waals surface area contributed by atoms with E-state index in [1.54, 1.807) is 0 Å².